The summed E-state index contributed by atoms with van der Waals surface area (Å²) in [5.41, 5.74) is 1.07. The molecule has 6 heteroatoms. The minimum absolute atomic E-state index is 0.0164. The fourth-order valence-electron chi connectivity index (χ4n) is 5.10. The number of hydrogen-bond acceptors (Lipinski definition) is 4. The molecule has 0 unspecified atom stereocenters. The van der Waals surface area contributed by atoms with Gasteiger partial charge in [-0.15, -0.1) is 17.3 Å². The van der Waals surface area contributed by atoms with E-state index in [0.717, 1.165) is 34.7 Å². The first-order chi connectivity index (χ1) is 14.3. The zero-order valence-corrected chi connectivity index (χ0v) is 18.8. The van der Waals surface area contributed by atoms with Crippen molar-refractivity contribution in [3.05, 3.63) is 47.5 Å². The number of hydrogen-bond donors (Lipinski definition) is 2. The smallest absolute Gasteiger partial charge is 0.165 e. The number of thiophene rings is 1. The molecule has 5 rings (SSSR count). The topological polar surface area (TPSA) is 70.0 Å². The van der Waals surface area contributed by atoms with Crippen molar-refractivity contribution in [2.75, 3.05) is 5.75 Å². The molecule has 0 radical (unpaired) electrons. The van der Waals surface area contributed by atoms with Gasteiger partial charge in [-0.2, -0.15) is 0 Å². The Morgan fingerprint density at radius 2 is 1.73 bits per heavy atom. The molecule has 0 amide bonds. The number of sulfone groups is 1. The Kier molecular flexibility index (Phi) is 4.29. The maximum Gasteiger partial charge on any atom is 0.165 e. The minimum Gasteiger partial charge on any atom is -0.362 e. The quantitative estimate of drug-likeness (QED) is 0.530. The van der Waals surface area contributed by atoms with Crippen LogP contribution < -0.4 is 5.32 Å². The van der Waals surface area contributed by atoms with E-state index in [4.69, 9.17) is 5.41 Å². The van der Waals surface area contributed by atoms with Crippen LogP contribution in [0.25, 0.3) is 20.2 Å². The molecule has 3 aromatic rings. The van der Waals surface area contributed by atoms with Gasteiger partial charge in [-0.3, -0.25) is 5.41 Å². The van der Waals surface area contributed by atoms with Crippen LogP contribution in [0.3, 0.4) is 0 Å². The molecule has 1 spiro atoms. The highest BCUT2D eigenvalue weighted by atomic mass is 32.2. The summed E-state index contributed by atoms with van der Waals surface area (Å²) in [5, 5.41) is 14.2. The predicted molar refractivity (Wildman–Crippen MR) is 125 cm³/mol. The highest BCUT2D eigenvalue weighted by Crippen LogP contribution is 2.45. The van der Waals surface area contributed by atoms with Crippen LogP contribution >= 0.6 is 11.3 Å². The van der Waals surface area contributed by atoms with Crippen LogP contribution in [0.4, 0.5) is 0 Å². The van der Waals surface area contributed by atoms with Crippen LogP contribution in [0, 0.1) is 17.3 Å². The molecule has 30 heavy (non-hydrogen) atoms. The largest absolute Gasteiger partial charge is 0.362 e. The Morgan fingerprint density at radius 1 is 1.07 bits per heavy atom. The van der Waals surface area contributed by atoms with Gasteiger partial charge in [0.15, 0.2) is 9.84 Å². The molecular formula is C24H24N2O2S2. The monoisotopic (exact) mass is 436 g/mol. The van der Waals surface area contributed by atoms with E-state index >= 15 is 0 Å². The summed E-state index contributed by atoms with van der Waals surface area (Å²) in [6, 6.07) is 12.4. The van der Waals surface area contributed by atoms with Gasteiger partial charge in [0.25, 0.3) is 0 Å². The molecule has 2 aromatic carbocycles. The van der Waals surface area contributed by atoms with Crippen LogP contribution in [0.1, 0.15) is 50.7 Å². The third kappa shape index (κ3) is 2.72. The van der Waals surface area contributed by atoms with E-state index in [1.54, 1.807) is 11.3 Å². The van der Waals surface area contributed by atoms with E-state index in [2.05, 4.69) is 41.4 Å². The van der Waals surface area contributed by atoms with Crippen molar-refractivity contribution >= 4 is 47.2 Å². The van der Waals surface area contributed by atoms with Crippen LogP contribution in [0.15, 0.2) is 36.4 Å². The molecule has 2 N–H and O–H groups in total. The SMILES string of the molecule is CC#Cc1ccc2sc3ccc([C@]4(C)CS(=O)(=O)C5(CCCC5)C(=N)N4)cc3c2c1. The maximum atomic E-state index is 13.4. The number of fused-ring (bicyclic) bond motifs is 3. The van der Waals surface area contributed by atoms with Crippen LogP contribution in [0.5, 0.6) is 0 Å². The molecule has 1 saturated carbocycles. The molecule has 154 valence electrons. The molecular weight excluding hydrogens is 412 g/mol. The number of amidine groups is 1. The standard InChI is InChI=1S/C24H24N2O2S2/c1-3-6-16-7-9-20-18(13-16)19-14-17(8-10-21(19)29-20)23(2)15-30(27,28)24(22(25)26-23)11-4-5-12-24/h7-10,13-14H,4-5,11-12,15H2,1-2H3,(H2,25,26)/t23-/m0/s1. The van der Waals surface area contributed by atoms with Gasteiger partial charge in [-0.1, -0.05) is 24.8 Å². The van der Waals surface area contributed by atoms with E-state index in [1.165, 1.54) is 9.40 Å². The van der Waals surface area contributed by atoms with Crippen LogP contribution in [0.2, 0.25) is 0 Å². The van der Waals surface area contributed by atoms with Gasteiger partial charge in [-0.25, -0.2) is 8.42 Å². The predicted octanol–water partition coefficient (Wildman–Crippen LogP) is 4.95. The van der Waals surface area contributed by atoms with Crippen LogP contribution in [-0.4, -0.2) is 24.8 Å². The van der Waals surface area contributed by atoms with E-state index in [-0.39, 0.29) is 11.6 Å². The van der Waals surface area contributed by atoms with Crippen molar-refractivity contribution in [1.82, 2.24) is 5.32 Å². The van der Waals surface area contributed by atoms with Gasteiger partial charge in [0.2, 0.25) is 0 Å². The Hall–Kier alpha value is -2.36. The Morgan fingerprint density at radius 3 is 2.40 bits per heavy atom. The van der Waals surface area contributed by atoms with Crippen molar-refractivity contribution in [2.24, 2.45) is 0 Å². The zero-order chi connectivity index (χ0) is 21.1. The Balaban J connectivity index is 1.63. The second-order valence-electron chi connectivity index (χ2n) is 8.69. The summed E-state index contributed by atoms with van der Waals surface area (Å²) in [5.74, 6) is 6.25. The van der Waals surface area contributed by atoms with E-state index in [1.807, 2.05) is 26.0 Å². The molecule has 2 fully saturated rings. The highest BCUT2D eigenvalue weighted by molar-refractivity contribution is 7.93. The summed E-state index contributed by atoms with van der Waals surface area (Å²) in [6.07, 6.45) is 2.87. The summed E-state index contributed by atoms with van der Waals surface area (Å²) >= 11 is 1.73. The zero-order valence-electron chi connectivity index (χ0n) is 17.1. The molecule has 1 saturated heterocycles. The fourth-order valence-corrected chi connectivity index (χ4v) is 8.72. The van der Waals surface area contributed by atoms with E-state index in [9.17, 15) is 8.42 Å². The first-order valence-corrected chi connectivity index (χ1v) is 12.7. The van der Waals surface area contributed by atoms with Gasteiger partial charge in [0, 0.05) is 25.7 Å². The second kappa shape index (κ2) is 6.57. The molecule has 1 atom stereocenters. The van der Waals surface area contributed by atoms with Crippen molar-refractivity contribution in [2.45, 2.75) is 49.8 Å². The average Bonchev–Trinajstić information content (AvgIpc) is 3.32. The maximum absolute atomic E-state index is 13.4. The highest BCUT2D eigenvalue weighted by Gasteiger charge is 2.56. The first-order valence-electron chi connectivity index (χ1n) is 10.3. The van der Waals surface area contributed by atoms with E-state index < -0.39 is 20.1 Å². The summed E-state index contributed by atoms with van der Waals surface area (Å²) in [6.45, 7) is 3.74. The van der Waals surface area contributed by atoms with Gasteiger partial charge in [0.05, 0.1) is 11.3 Å². The lowest BCUT2D eigenvalue weighted by Gasteiger charge is -2.44. The molecule has 2 heterocycles. The number of nitrogens with one attached hydrogen (secondary N) is 2. The van der Waals surface area contributed by atoms with E-state index in [0.29, 0.717) is 12.8 Å². The Bertz CT molecular complexity index is 1370. The lowest BCUT2D eigenvalue weighted by atomic mass is 9.90. The third-order valence-corrected chi connectivity index (χ3v) is 10.6. The van der Waals surface area contributed by atoms with Gasteiger partial charge in [0.1, 0.15) is 10.6 Å². The number of benzene rings is 2. The molecule has 1 aliphatic heterocycles. The van der Waals surface area contributed by atoms with Gasteiger partial charge in [-0.05, 0) is 62.6 Å². The van der Waals surface area contributed by atoms with Gasteiger partial charge >= 0.3 is 0 Å². The van der Waals surface area contributed by atoms with Crippen molar-refractivity contribution in [3.8, 4) is 11.8 Å². The third-order valence-electron chi connectivity index (χ3n) is 6.72. The first kappa shape index (κ1) is 19.6. The molecule has 1 aromatic heterocycles. The normalized spacial score (nSPS) is 24.7. The second-order valence-corrected chi connectivity index (χ2v) is 12.1. The fraction of sp³-hybridized carbons (Fsp3) is 0.375. The van der Waals surface area contributed by atoms with Crippen molar-refractivity contribution in [1.29, 1.82) is 5.41 Å². The lowest BCUT2D eigenvalue weighted by molar-refractivity contribution is 0.433. The summed E-state index contributed by atoms with van der Waals surface area (Å²) in [4.78, 5) is 0. The van der Waals surface area contributed by atoms with Crippen molar-refractivity contribution in [3.63, 3.8) is 0 Å². The van der Waals surface area contributed by atoms with Crippen LogP contribution in [-0.2, 0) is 15.4 Å². The minimum atomic E-state index is -3.43. The molecule has 0 bridgehead atoms. The molecule has 4 nitrogen and oxygen atoms in total. The van der Waals surface area contributed by atoms with Gasteiger partial charge < -0.3 is 5.32 Å². The average molecular weight is 437 g/mol. The lowest BCUT2D eigenvalue weighted by Crippen LogP contribution is -2.65. The van der Waals surface area contributed by atoms with Crippen molar-refractivity contribution < 1.29 is 8.42 Å². The summed E-state index contributed by atoms with van der Waals surface area (Å²) < 4.78 is 28.1. The molecule has 1 aliphatic carbocycles. The summed E-state index contributed by atoms with van der Waals surface area (Å²) in [7, 11) is -3.43. The molecule has 2 aliphatic rings. The number of rotatable bonds is 1. The Labute approximate surface area is 181 Å².